The summed E-state index contributed by atoms with van der Waals surface area (Å²) in [5.41, 5.74) is -0.872. The quantitative estimate of drug-likeness (QED) is 0.726. The number of hydrogen-bond acceptors (Lipinski definition) is 3. The summed E-state index contributed by atoms with van der Waals surface area (Å²) in [4.78, 5) is 11.2. The van der Waals surface area contributed by atoms with Gasteiger partial charge in [0, 0.05) is 5.56 Å². The molecular formula is C17H15Cl2F3O4. The summed E-state index contributed by atoms with van der Waals surface area (Å²) >= 11 is 12.3. The van der Waals surface area contributed by atoms with Gasteiger partial charge in [0.15, 0.2) is 5.75 Å². The molecule has 1 heterocycles. The standard InChI is InChI=1S/C17H15Cl2F3O4/c18-11-6-9-5-10(16(23)24)15(17(20,21)22)26-13(9)12(19)14(11)25-7-8-3-1-2-4-8/h5-6,8,15H,1-4,7H2,(H,23,24). The molecule has 4 nitrogen and oxygen atoms in total. The zero-order valence-corrected chi connectivity index (χ0v) is 14.9. The average molecular weight is 411 g/mol. The number of fused-ring (bicyclic) bond motifs is 1. The Labute approximate surface area is 157 Å². The number of carboxylic acid groups (broad SMARTS) is 1. The van der Waals surface area contributed by atoms with Crippen LogP contribution in [0, 0.1) is 5.92 Å². The van der Waals surface area contributed by atoms with Crippen molar-refractivity contribution in [2.24, 2.45) is 5.92 Å². The highest BCUT2D eigenvalue weighted by molar-refractivity contribution is 6.38. The predicted octanol–water partition coefficient (Wildman–Crippen LogP) is 5.35. The number of hydrogen-bond donors (Lipinski definition) is 1. The fourth-order valence-electron chi connectivity index (χ4n) is 3.18. The molecule has 142 valence electrons. The molecule has 1 N–H and O–H groups in total. The monoisotopic (exact) mass is 410 g/mol. The summed E-state index contributed by atoms with van der Waals surface area (Å²) in [6.07, 6.45) is -2.41. The third-order valence-corrected chi connectivity index (χ3v) is 5.10. The number of aliphatic carboxylic acids is 1. The van der Waals surface area contributed by atoms with Gasteiger partial charge in [0.2, 0.25) is 6.10 Å². The van der Waals surface area contributed by atoms with E-state index >= 15 is 0 Å². The molecule has 1 saturated carbocycles. The van der Waals surface area contributed by atoms with Crippen LogP contribution in [-0.2, 0) is 4.79 Å². The first-order valence-electron chi connectivity index (χ1n) is 8.01. The fourth-order valence-corrected chi connectivity index (χ4v) is 3.81. The van der Waals surface area contributed by atoms with Crippen molar-refractivity contribution in [2.75, 3.05) is 6.61 Å². The number of carboxylic acids is 1. The third kappa shape index (κ3) is 3.74. The van der Waals surface area contributed by atoms with E-state index in [1.54, 1.807) is 0 Å². The number of rotatable bonds is 4. The van der Waals surface area contributed by atoms with Crippen LogP contribution < -0.4 is 9.47 Å². The lowest BCUT2D eigenvalue weighted by atomic mass is 10.0. The summed E-state index contributed by atoms with van der Waals surface area (Å²) in [7, 11) is 0. The van der Waals surface area contributed by atoms with Gasteiger partial charge in [-0.15, -0.1) is 0 Å². The molecule has 0 amide bonds. The van der Waals surface area contributed by atoms with Crippen molar-refractivity contribution in [1.29, 1.82) is 0 Å². The highest BCUT2D eigenvalue weighted by Gasteiger charge is 2.49. The van der Waals surface area contributed by atoms with Crippen LogP contribution in [0.15, 0.2) is 11.6 Å². The zero-order chi connectivity index (χ0) is 19.1. The van der Waals surface area contributed by atoms with E-state index in [1.165, 1.54) is 6.07 Å². The van der Waals surface area contributed by atoms with Crippen molar-refractivity contribution in [3.63, 3.8) is 0 Å². The van der Waals surface area contributed by atoms with Crippen LogP contribution in [0.1, 0.15) is 31.2 Å². The summed E-state index contributed by atoms with van der Waals surface area (Å²) in [5.74, 6) is -1.62. The van der Waals surface area contributed by atoms with Gasteiger partial charge in [0.05, 0.1) is 17.2 Å². The lowest BCUT2D eigenvalue weighted by Crippen LogP contribution is -2.40. The van der Waals surface area contributed by atoms with Gasteiger partial charge < -0.3 is 14.6 Å². The molecule has 0 saturated heterocycles. The van der Waals surface area contributed by atoms with E-state index in [2.05, 4.69) is 0 Å². The summed E-state index contributed by atoms with van der Waals surface area (Å²) in [6.45, 7) is 0.358. The molecule has 0 aromatic heterocycles. The van der Waals surface area contributed by atoms with E-state index in [4.69, 9.17) is 37.8 Å². The number of alkyl halides is 3. The molecule has 1 aliphatic carbocycles. The van der Waals surface area contributed by atoms with E-state index in [-0.39, 0.29) is 27.1 Å². The molecule has 0 spiro atoms. The highest BCUT2D eigenvalue weighted by Crippen LogP contribution is 2.48. The van der Waals surface area contributed by atoms with Gasteiger partial charge in [-0.3, -0.25) is 0 Å². The van der Waals surface area contributed by atoms with Gasteiger partial charge in [-0.25, -0.2) is 4.79 Å². The van der Waals surface area contributed by atoms with E-state index in [0.717, 1.165) is 31.8 Å². The predicted molar refractivity (Wildman–Crippen MR) is 90.0 cm³/mol. The summed E-state index contributed by atoms with van der Waals surface area (Å²) in [5, 5.41) is 8.95. The SMILES string of the molecule is O=C(O)C1=Cc2cc(Cl)c(OCC3CCCC3)c(Cl)c2OC1C(F)(F)F. The van der Waals surface area contributed by atoms with Crippen molar-refractivity contribution < 1.29 is 32.5 Å². The van der Waals surface area contributed by atoms with Crippen molar-refractivity contribution in [3.8, 4) is 11.5 Å². The Bertz CT molecular complexity index is 755. The van der Waals surface area contributed by atoms with Gasteiger partial charge in [-0.2, -0.15) is 13.2 Å². The Balaban J connectivity index is 1.96. The largest absolute Gasteiger partial charge is 0.490 e. The number of benzene rings is 1. The molecule has 9 heteroatoms. The second-order valence-corrected chi connectivity index (χ2v) is 7.11. The lowest BCUT2D eigenvalue weighted by molar-refractivity contribution is -0.187. The molecule has 1 atom stereocenters. The first-order valence-corrected chi connectivity index (χ1v) is 8.77. The molecule has 1 aromatic rings. The van der Waals surface area contributed by atoms with Gasteiger partial charge in [0.25, 0.3) is 0 Å². The van der Waals surface area contributed by atoms with Crippen LogP contribution in [0.25, 0.3) is 6.08 Å². The van der Waals surface area contributed by atoms with Crippen molar-refractivity contribution in [1.82, 2.24) is 0 Å². The fraction of sp³-hybridized carbons (Fsp3) is 0.471. The van der Waals surface area contributed by atoms with Crippen LogP contribution in [0.4, 0.5) is 13.2 Å². The highest BCUT2D eigenvalue weighted by atomic mass is 35.5. The van der Waals surface area contributed by atoms with Crippen molar-refractivity contribution in [2.45, 2.75) is 38.0 Å². The van der Waals surface area contributed by atoms with E-state index in [1.807, 2.05) is 0 Å². The average Bonchev–Trinajstić information content (AvgIpc) is 3.06. The van der Waals surface area contributed by atoms with Crippen LogP contribution in [0.3, 0.4) is 0 Å². The minimum Gasteiger partial charge on any atom is -0.490 e. The molecule has 1 fully saturated rings. The molecule has 1 aromatic carbocycles. The third-order valence-electron chi connectivity index (χ3n) is 4.47. The van der Waals surface area contributed by atoms with Crippen molar-refractivity contribution >= 4 is 35.2 Å². The first kappa shape index (κ1) is 19.2. The van der Waals surface area contributed by atoms with Gasteiger partial charge >= 0.3 is 12.1 Å². The van der Waals surface area contributed by atoms with Crippen molar-refractivity contribution in [3.05, 3.63) is 27.2 Å². The Morgan fingerprint density at radius 1 is 1.31 bits per heavy atom. The second-order valence-electron chi connectivity index (χ2n) is 6.33. The molecule has 26 heavy (non-hydrogen) atoms. The Kier molecular flexibility index (Phi) is 5.30. The molecular weight excluding hydrogens is 396 g/mol. The number of ether oxygens (including phenoxy) is 2. The minimum atomic E-state index is -4.91. The molecule has 1 aliphatic heterocycles. The van der Waals surface area contributed by atoms with E-state index in [0.29, 0.717) is 12.5 Å². The maximum absolute atomic E-state index is 13.2. The van der Waals surface area contributed by atoms with Crippen LogP contribution in [-0.4, -0.2) is 30.0 Å². The Morgan fingerprint density at radius 3 is 2.54 bits per heavy atom. The Morgan fingerprint density at radius 2 is 1.96 bits per heavy atom. The molecule has 3 rings (SSSR count). The number of carbonyl (C=O) groups is 1. The summed E-state index contributed by atoms with van der Waals surface area (Å²) in [6, 6.07) is 1.29. The molecule has 2 aliphatic rings. The van der Waals surface area contributed by atoms with E-state index < -0.39 is 23.8 Å². The molecule has 0 radical (unpaired) electrons. The van der Waals surface area contributed by atoms with Crippen LogP contribution in [0.2, 0.25) is 10.0 Å². The van der Waals surface area contributed by atoms with E-state index in [9.17, 15) is 18.0 Å². The summed E-state index contributed by atoms with van der Waals surface area (Å²) < 4.78 is 50.1. The zero-order valence-electron chi connectivity index (χ0n) is 13.4. The smallest absolute Gasteiger partial charge is 0.430 e. The second kappa shape index (κ2) is 7.19. The maximum Gasteiger partial charge on any atom is 0.430 e. The maximum atomic E-state index is 13.2. The topological polar surface area (TPSA) is 55.8 Å². The van der Waals surface area contributed by atoms with Gasteiger partial charge in [-0.1, -0.05) is 36.0 Å². The molecule has 0 bridgehead atoms. The minimum absolute atomic E-state index is 0.0482. The number of halogens is 5. The first-order chi connectivity index (χ1) is 12.2. The molecule has 1 unspecified atom stereocenters. The van der Waals surface area contributed by atoms with Gasteiger partial charge in [0.1, 0.15) is 10.8 Å². The van der Waals surface area contributed by atoms with Crippen LogP contribution in [0.5, 0.6) is 11.5 Å². The Hall–Kier alpha value is -1.60. The van der Waals surface area contributed by atoms with Gasteiger partial charge in [-0.05, 0) is 30.9 Å². The normalized spacial score (nSPS) is 20.3. The van der Waals surface area contributed by atoms with Crippen LogP contribution >= 0.6 is 23.2 Å². The lowest BCUT2D eigenvalue weighted by Gasteiger charge is -2.28.